The molecule has 0 radical (unpaired) electrons. The van der Waals surface area contributed by atoms with Gasteiger partial charge in [-0.05, 0) is 23.5 Å². The number of rotatable bonds is 9. The highest BCUT2D eigenvalue weighted by molar-refractivity contribution is 6.18. The fraction of sp³-hybridized carbons (Fsp3) is 0.647. The molecule has 0 aromatic heterocycles. The van der Waals surface area contributed by atoms with Gasteiger partial charge in [-0.2, -0.15) is 0 Å². The molecule has 2 heteroatoms. The molecule has 0 fully saturated rings. The highest BCUT2D eigenvalue weighted by Crippen LogP contribution is 2.22. The molecule has 0 saturated carbocycles. The Morgan fingerprint density at radius 1 is 1.00 bits per heavy atom. The number of hydrogen-bond donors (Lipinski definition) is 1. The molecule has 2 unspecified atom stereocenters. The van der Waals surface area contributed by atoms with Gasteiger partial charge in [0, 0.05) is 11.9 Å². The second kappa shape index (κ2) is 9.39. The molecule has 0 aliphatic carbocycles. The van der Waals surface area contributed by atoms with Gasteiger partial charge in [-0.25, -0.2) is 0 Å². The molecule has 1 aromatic rings. The van der Waals surface area contributed by atoms with Gasteiger partial charge in [0.05, 0.1) is 0 Å². The van der Waals surface area contributed by atoms with Gasteiger partial charge >= 0.3 is 0 Å². The van der Waals surface area contributed by atoms with Crippen LogP contribution in [-0.4, -0.2) is 5.88 Å². The molecule has 1 nitrogen and oxygen atoms in total. The van der Waals surface area contributed by atoms with Gasteiger partial charge in [-0.15, -0.1) is 11.6 Å². The summed E-state index contributed by atoms with van der Waals surface area (Å²) in [6.45, 7) is 4.39. The monoisotopic (exact) mass is 281 g/mol. The summed E-state index contributed by atoms with van der Waals surface area (Å²) in [5, 5.41) is 0. The number of nitrogens with two attached hydrogens (primary N) is 1. The van der Waals surface area contributed by atoms with Crippen molar-refractivity contribution >= 4 is 11.6 Å². The van der Waals surface area contributed by atoms with Crippen molar-refractivity contribution in [3.05, 3.63) is 35.4 Å². The molecule has 0 aliphatic rings. The van der Waals surface area contributed by atoms with Gasteiger partial charge < -0.3 is 5.73 Å². The minimum atomic E-state index is 0.182. The van der Waals surface area contributed by atoms with Crippen molar-refractivity contribution in [2.24, 2.45) is 5.73 Å². The van der Waals surface area contributed by atoms with Crippen LogP contribution < -0.4 is 5.73 Å². The van der Waals surface area contributed by atoms with Crippen molar-refractivity contribution in [3.63, 3.8) is 0 Å². The van der Waals surface area contributed by atoms with Crippen molar-refractivity contribution in [3.8, 4) is 0 Å². The Balaban J connectivity index is 2.38. The number of unbranched alkanes of at least 4 members (excludes halogenated alkanes) is 4. The van der Waals surface area contributed by atoms with Crippen LogP contribution in [0.25, 0.3) is 0 Å². The molecule has 108 valence electrons. The molecular formula is C17H28ClN. The second-order valence-corrected chi connectivity index (χ2v) is 5.84. The van der Waals surface area contributed by atoms with Crippen molar-refractivity contribution < 1.29 is 0 Å². The predicted octanol–water partition coefficient (Wildman–Crippen LogP) is 5.39. The number of benzene rings is 1. The zero-order valence-electron chi connectivity index (χ0n) is 12.4. The molecule has 19 heavy (non-hydrogen) atoms. The van der Waals surface area contributed by atoms with E-state index in [0.29, 0.717) is 11.8 Å². The Bertz CT molecular complexity index is 334. The maximum absolute atomic E-state index is 6.24. The summed E-state index contributed by atoms with van der Waals surface area (Å²) in [7, 11) is 0. The first-order valence-electron chi connectivity index (χ1n) is 7.60. The van der Waals surface area contributed by atoms with E-state index in [4.69, 9.17) is 17.3 Å². The summed E-state index contributed by atoms with van der Waals surface area (Å²) in [5.41, 5.74) is 8.79. The summed E-state index contributed by atoms with van der Waals surface area (Å²) in [6.07, 6.45) is 7.62. The zero-order chi connectivity index (χ0) is 14.1. The molecule has 2 N–H and O–H groups in total. The van der Waals surface area contributed by atoms with E-state index in [1.54, 1.807) is 0 Å². The fourth-order valence-corrected chi connectivity index (χ4v) is 2.47. The first-order valence-corrected chi connectivity index (χ1v) is 8.13. The topological polar surface area (TPSA) is 26.0 Å². The van der Waals surface area contributed by atoms with Crippen molar-refractivity contribution in [1.29, 1.82) is 0 Å². The van der Waals surface area contributed by atoms with Crippen LogP contribution in [0.5, 0.6) is 0 Å². The minimum absolute atomic E-state index is 0.182. The average Bonchev–Trinajstić information content (AvgIpc) is 2.46. The highest BCUT2D eigenvalue weighted by Gasteiger charge is 2.08. The lowest BCUT2D eigenvalue weighted by atomic mass is 9.96. The van der Waals surface area contributed by atoms with Crippen LogP contribution in [0, 0.1) is 0 Å². The Kier molecular flexibility index (Phi) is 8.16. The fourth-order valence-electron chi connectivity index (χ4n) is 2.30. The Morgan fingerprint density at radius 2 is 1.58 bits per heavy atom. The quantitative estimate of drug-likeness (QED) is 0.477. The van der Waals surface area contributed by atoms with E-state index in [0.717, 1.165) is 6.42 Å². The van der Waals surface area contributed by atoms with Crippen LogP contribution in [0.15, 0.2) is 24.3 Å². The van der Waals surface area contributed by atoms with E-state index >= 15 is 0 Å². The molecule has 0 amide bonds. The van der Waals surface area contributed by atoms with Crippen molar-refractivity contribution in [2.45, 2.75) is 64.3 Å². The molecule has 0 heterocycles. The maximum Gasteiger partial charge on any atom is 0.0294 e. The Hall–Kier alpha value is -0.530. The summed E-state index contributed by atoms with van der Waals surface area (Å²) in [6, 6.07) is 8.84. The van der Waals surface area contributed by atoms with E-state index < -0.39 is 0 Å². The van der Waals surface area contributed by atoms with Crippen LogP contribution >= 0.6 is 11.6 Å². The third-order valence-corrected chi connectivity index (χ3v) is 4.25. The number of alkyl halides is 1. The number of halogens is 1. The van der Waals surface area contributed by atoms with Crippen LogP contribution in [0.4, 0.5) is 0 Å². The first-order chi connectivity index (χ1) is 9.19. The van der Waals surface area contributed by atoms with E-state index in [2.05, 4.69) is 38.1 Å². The van der Waals surface area contributed by atoms with Gasteiger partial charge in [0.15, 0.2) is 0 Å². The lowest BCUT2D eigenvalue weighted by molar-refractivity contribution is 0.555. The van der Waals surface area contributed by atoms with Crippen molar-refractivity contribution in [2.75, 3.05) is 5.88 Å². The molecule has 1 aromatic carbocycles. The van der Waals surface area contributed by atoms with Crippen LogP contribution in [0.1, 0.15) is 75.5 Å². The van der Waals surface area contributed by atoms with E-state index in [1.807, 2.05) is 0 Å². The smallest absolute Gasteiger partial charge is 0.0294 e. The molecule has 0 aliphatic heterocycles. The highest BCUT2D eigenvalue weighted by atomic mass is 35.5. The van der Waals surface area contributed by atoms with Crippen molar-refractivity contribution in [1.82, 2.24) is 0 Å². The molecular weight excluding hydrogens is 254 g/mol. The van der Waals surface area contributed by atoms with Gasteiger partial charge in [0.1, 0.15) is 0 Å². The molecule has 0 saturated heterocycles. The van der Waals surface area contributed by atoms with Gasteiger partial charge in [0.2, 0.25) is 0 Å². The molecule has 1 rings (SSSR count). The van der Waals surface area contributed by atoms with Gasteiger partial charge in [-0.3, -0.25) is 0 Å². The molecule has 0 spiro atoms. The van der Waals surface area contributed by atoms with Crippen LogP contribution in [0.3, 0.4) is 0 Å². The van der Waals surface area contributed by atoms with E-state index in [9.17, 15) is 0 Å². The Morgan fingerprint density at radius 3 is 2.16 bits per heavy atom. The van der Waals surface area contributed by atoms with Gasteiger partial charge in [-0.1, -0.05) is 70.2 Å². The lowest BCUT2D eigenvalue weighted by Gasteiger charge is -2.14. The van der Waals surface area contributed by atoms with Crippen LogP contribution in [-0.2, 0) is 0 Å². The number of hydrogen-bond acceptors (Lipinski definition) is 1. The van der Waals surface area contributed by atoms with E-state index in [-0.39, 0.29) is 6.04 Å². The summed E-state index contributed by atoms with van der Waals surface area (Å²) in [5.74, 6) is 1.09. The SMILES string of the molecule is CCCCCCCC(N)c1ccc(C(C)CCl)cc1. The summed E-state index contributed by atoms with van der Waals surface area (Å²) in [4.78, 5) is 0. The molecule has 0 bridgehead atoms. The summed E-state index contributed by atoms with van der Waals surface area (Å²) >= 11 is 5.87. The first kappa shape index (κ1) is 16.5. The zero-order valence-corrected chi connectivity index (χ0v) is 13.1. The minimum Gasteiger partial charge on any atom is -0.324 e. The summed E-state index contributed by atoms with van der Waals surface area (Å²) < 4.78 is 0. The lowest BCUT2D eigenvalue weighted by Crippen LogP contribution is -2.10. The normalized spacial score (nSPS) is 14.3. The Labute approximate surface area is 123 Å². The third-order valence-electron chi connectivity index (χ3n) is 3.78. The maximum atomic E-state index is 6.24. The standard InChI is InChI=1S/C17H28ClN/c1-3-4-5-6-7-8-17(19)16-11-9-15(10-12-16)14(2)13-18/h9-12,14,17H,3-8,13,19H2,1-2H3. The van der Waals surface area contributed by atoms with E-state index in [1.165, 1.54) is 43.2 Å². The van der Waals surface area contributed by atoms with Gasteiger partial charge in [0.25, 0.3) is 0 Å². The predicted molar refractivity (Wildman–Crippen MR) is 85.9 cm³/mol. The molecule has 2 atom stereocenters. The second-order valence-electron chi connectivity index (χ2n) is 5.53. The third kappa shape index (κ3) is 5.97. The largest absolute Gasteiger partial charge is 0.324 e. The average molecular weight is 282 g/mol. The van der Waals surface area contributed by atoms with Crippen LogP contribution in [0.2, 0.25) is 0 Å².